The molecule has 1 aromatic carbocycles. The molecule has 0 saturated carbocycles. The number of ether oxygens (including phenoxy) is 1. The molecule has 0 saturated heterocycles. The van der Waals surface area contributed by atoms with Crippen molar-refractivity contribution in [2.24, 2.45) is 0 Å². The lowest BCUT2D eigenvalue weighted by atomic mass is 10.2. The number of hydrogen-bond donors (Lipinski definition) is 1. The second-order valence-electron chi connectivity index (χ2n) is 3.46. The first-order valence-corrected chi connectivity index (χ1v) is 5.61. The highest BCUT2D eigenvalue weighted by atomic mass is 16.5. The van der Waals surface area contributed by atoms with Crippen LogP contribution in [0.1, 0.15) is 17.3 Å². The van der Waals surface area contributed by atoms with Crippen molar-refractivity contribution in [3.05, 3.63) is 48.3 Å². The van der Waals surface area contributed by atoms with Crippen LogP contribution in [0.4, 0.5) is 11.6 Å². The van der Waals surface area contributed by atoms with Gasteiger partial charge in [0.05, 0.1) is 17.9 Å². The van der Waals surface area contributed by atoms with Crippen LogP contribution in [0, 0.1) is 0 Å². The zero-order chi connectivity index (χ0) is 12.8. The summed E-state index contributed by atoms with van der Waals surface area (Å²) in [5.41, 5.74) is 1.09. The Hall–Kier alpha value is -2.43. The van der Waals surface area contributed by atoms with Gasteiger partial charge in [-0.05, 0) is 25.1 Å². The van der Waals surface area contributed by atoms with Crippen LogP contribution in [-0.4, -0.2) is 22.5 Å². The number of rotatable bonds is 4. The number of nitrogens with zero attached hydrogens (tertiary/aromatic N) is 2. The molecule has 5 nitrogen and oxygen atoms in total. The highest BCUT2D eigenvalue weighted by molar-refractivity contribution is 5.96. The molecule has 0 aliphatic carbocycles. The number of nitrogens with one attached hydrogen (secondary N) is 1. The molecule has 0 spiro atoms. The summed E-state index contributed by atoms with van der Waals surface area (Å²) in [6, 6.07) is 8.81. The smallest absolute Gasteiger partial charge is 0.340 e. The summed E-state index contributed by atoms with van der Waals surface area (Å²) < 4.78 is 4.99. The molecule has 0 radical (unpaired) electrons. The van der Waals surface area contributed by atoms with Crippen LogP contribution in [0.25, 0.3) is 0 Å². The molecule has 18 heavy (non-hydrogen) atoms. The summed E-state index contributed by atoms with van der Waals surface area (Å²) in [5.74, 6) is 0.0748. The van der Waals surface area contributed by atoms with E-state index in [0.29, 0.717) is 23.8 Å². The molecule has 5 heteroatoms. The Kier molecular flexibility index (Phi) is 3.86. The van der Waals surface area contributed by atoms with Gasteiger partial charge in [0, 0.05) is 12.4 Å². The molecule has 0 aliphatic heterocycles. The van der Waals surface area contributed by atoms with E-state index in [-0.39, 0.29) is 5.97 Å². The van der Waals surface area contributed by atoms with E-state index in [1.54, 1.807) is 43.6 Å². The monoisotopic (exact) mass is 243 g/mol. The van der Waals surface area contributed by atoms with Gasteiger partial charge in [-0.1, -0.05) is 12.1 Å². The van der Waals surface area contributed by atoms with E-state index < -0.39 is 0 Å². The topological polar surface area (TPSA) is 64.1 Å². The largest absolute Gasteiger partial charge is 0.462 e. The Bertz CT molecular complexity index is 529. The first-order chi connectivity index (χ1) is 8.81. The molecule has 2 aromatic rings. The van der Waals surface area contributed by atoms with Gasteiger partial charge in [0.25, 0.3) is 0 Å². The lowest BCUT2D eigenvalue weighted by Crippen LogP contribution is -2.08. The predicted molar refractivity (Wildman–Crippen MR) is 67.7 cm³/mol. The van der Waals surface area contributed by atoms with E-state index in [2.05, 4.69) is 15.3 Å². The van der Waals surface area contributed by atoms with Gasteiger partial charge in [0.2, 0.25) is 5.95 Å². The van der Waals surface area contributed by atoms with Gasteiger partial charge >= 0.3 is 5.97 Å². The van der Waals surface area contributed by atoms with Crippen molar-refractivity contribution in [1.82, 2.24) is 9.97 Å². The minimum atomic E-state index is -0.364. The van der Waals surface area contributed by atoms with Crippen LogP contribution >= 0.6 is 0 Å². The van der Waals surface area contributed by atoms with Crippen LogP contribution in [0.2, 0.25) is 0 Å². The molecule has 1 aromatic heterocycles. The normalized spacial score (nSPS) is 9.83. The Morgan fingerprint density at radius 1 is 1.22 bits per heavy atom. The number of aromatic nitrogens is 2. The lowest BCUT2D eigenvalue weighted by molar-refractivity contribution is 0.0527. The van der Waals surface area contributed by atoms with E-state index in [1.807, 2.05) is 6.07 Å². The number of para-hydroxylation sites is 1. The van der Waals surface area contributed by atoms with Crippen LogP contribution in [0.3, 0.4) is 0 Å². The molecule has 0 unspecified atom stereocenters. The predicted octanol–water partition coefficient (Wildman–Crippen LogP) is 2.40. The molecule has 0 amide bonds. The summed E-state index contributed by atoms with van der Waals surface area (Å²) in [7, 11) is 0. The molecule has 0 fully saturated rings. The highest BCUT2D eigenvalue weighted by Gasteiger charge is 2.12. The van der Waals surface area contributed by atoms with Crippen molar-refractivity contribution >= 4 is 17.6 Å². The zero-order valence-corrected chi connectivity index (χ0v) is 9.96. The summed E-state index contributed by atoms with van der Waals surface area (Å²) in [5, 5.41) is 2.99. The molecule has 2 rings (SSSR count). The third-order valence-corrected chi connectivity index (χ3v) is 2.23. The first kappa shape index (κ1) is 12.0. The minimum Gasteiger partial charge on any atom is -0.462 e. The molecular weight excluding hydrogens is 230 g/mol. The molecule has 0 atom stereocenters. The van der Waals surface area contributed by atoms with Crippen LogP contribution in [-0.2, 0) is 4.74 Å². The van der Waals surface area contributed by atoms with Crippen molar-refractivity contribution in [2.45, 2.75) is 6.92 Å². The quantitative estimate of drug-likeness (QED) is 0.835. The second-order valence-corrected chi connectivity index (χ2v) is 3.46. The molecule has 0 aliphatic rings. The van der Waals surface area contributed by atoms with Crippen molar-refractivity contribution in [1.29, 1.82) is 0 Å². The first-order valence-electron chi connectivity index (χ1n) is 5.61. The highest BCUT2D eigenvalue weighted by Crippen LogP contribution is 2.19. The fourth-order valence-corrected chi connectivity index (χ4v) is 1.46. The third kappa shape index (κ3) is 2.82. The maximum atomic E-state index is 11.8. The molecule has 1 N–H and O–H groups in total. The Morgan fingerprint density at radius 2 is 1.94 bits per heavy atom. The summed E-state index contributed by atoms with van der Waals surface area (Å²) in [6.45, 7) is 2.11. The molecule has 1 heterocycles. The van der Waals surface area contributed by atoms with Crippen molar-refractivity contribution < 1.29 is 9.53 Å². The third-order valence-electron chi connectivity index (χ3n) is 2.23. The van der Waals surface area contributed by atoms with Crippen molar-refractivity contribution in [3.8, 4) is 0 Å². The minimum absolute atomic E-state index is 0.342. The van der Waals surface area contributed by atoms with E-state index in [1.165, 1.54) is 0 Å². The Balaban J connectivity index is 2.25. The fourth-order valence-electron chi connectivity index (χ4n) is 1.46. The van der Waals surface area contributed by atoms with Crippen LogP contribution < -0.4 is 5.32 Å². The zero-order valence-electron chi connectivity index (χ0n) is 9.96. The Labute approximate surface area is 105 Å². The number of carbonyl (C=O) groups is 1. The van der Waals surface area contributed by atoms with Crippen LogP contribution in [0.15, 0.2) is 42.7 Å². The average Bonchev–Trinajstić information content (AvgIpc) is 2.41. The number of anilines is 2. The SMILES string of the molecule is CCOC(=O)c1ccccc1Nc1ncccn1. The number of hydrogen-bond acceptors (Lipinski definition) is 5. The number of carbonyl (C=O) groups excluding carboxylic acids is 1. The van der Waals surface area contributed by atoms with Crippen LogP contribution in [0.5, 0.6) is 0 Å². The number of esters is 1. The van der Waals surface area contributed by atoms with Gasteiger partial charge in [-0.25, -0.2) is 14.8 Å². The second kappa shape index (κ2) is 5.77. The van der Waals surface area contributed by atoms with Gasteiger partial charge < -0.3 is 10.1 Å². The summed E-state index contributed by atoms with van der Waals surface area (Å²) in [4.78, 5) is 19.8. The lowest BCUT2D eigenvalue weighted by Gasteiger charge is -2.09. The van der Waals surface area contributed by atoms with Gasteiger partial charge in [-0.15, -0.1) is 0 Å². The molecule has 92 valence electrons. The van der Waals surface area contributed by atoms with Crippen molar-refractivity contribution in [3.63, 3.8) is 0 Å². The summed E-state index contributed by atoms with van der Waals surface area (Å²) in [6.07, 6.45) is 3.25. The van der Waals surface area contributed by atoms with E-state index in [9.17, 15) is 4.79 Å². The van der Waals surface area contributed by atoms with Gasteiger partial charge in [0.15, 0.2) is 0 Å². The number of benzene rings is 1. The maximum absolute atomic E-state index is 11.8. The average molecular weight is 243 g/mol. The van der Waals surface area contributed by atoms with Gasteiger partial charge in [-0.3, -0.25) is 0 Å². The van der Waals surface area contributed by atoms with E-state index in [0.717, 1.165) is 0 Å². The molecular formula is C13H13N3O2. The van der Waals surface area contributed by atoms with E-state index in [4.69, 9.17) is 4.74 Å². The van der Waals surface area contributed by atoms with E-state index >= 15 is 0 Å². The summed E-state index contributed by atoms with van der Waals surface area (Å²) >= 11 is 0. The fraction of sp³-hybridized carbons (Fsp3) is 0.154. The van der Waals surface area contributed by atoms with Gasteiger partial charge in [0.1, 0.15) is 0 Å². The molecule has 0 bridgehead atoms. The van der Waals surface area contributed by atoms with Crippen molar-refractivity contribution in [2.75, 3.05) is 11.9 Å². The maximum Gasteiger partial charge on any atom is 0.340 e. The standard InChI is InChI=1S/C13H13N3O2/c1-2-18-12(17)10-6-3-4-7-11(10)16-13-14-8-5-9-15-13/h3-9H,2H2,1H3,(H,14,15,16). The van der Waals surface area contributed by atoms with Gasteiger partial charge in [-0.2, -0.15) is 0 Å². The Morgan fingerprint density at radius 3 is 2.67 bits per heavy atom.